The summed E-state index contributed by atoms with van der Waals surface area (Å²) in [5.74, 6) is -2.72. The zero-order valence-electron chi connectivity index (χ0n) is 53.8. The molecule has 3 aliphatic rings. The Balaban J connectivity index is 1.03. The van der Waals surface area contributed by atoms with Gasteiger partial charge in [0.2, 0.25) is 17.7 Å². The number of nitrogens with zero attached hydrogens (tertiary/aromatic N) is 1. The molecule has 0 heterocycles. The molecular formula is C72H95N7O9. The summed E-state index contributed by atoms with van der Waals surface area (Å²) >= 11 is 0. The van der Waals surface area contributed by atoms with Crippen LogP contribution < -0.4 is 42.2 Å². The van der Waals surface area contributed by atoms with E-state index in [1.807, 2.05) is 126 Å². The number of hydrogen-bond donors (Lipinski definition) is 6. The molecule has 6 amide bonds. The van der Waals surface area contributed by atoms with Crippen LogP contribution in [0.25, 0.3) is 0 Å². The van der Waals surface area contributed by atoms with Gasteiger partial charge in [-0.1, -0.05) is 123 Å². The van der Waals surface area contributed by atoms with E-state index in [0.29, 0.717) is 79.0 Å². The number of anilines is 4. The average molecular weight is 1200 g/mol. The van der Waals surface area contributed by atoms with Crippen LogP contribution in [-0.2, 0) is 51.6 Å². The van der Waals surface area contributed by atoms with E-state index in [9.17, 15) is 24.0 Å². The lowest BCUT2D eigenvalue weighted by molar-refractivity contribution is -0.124. The van der Waals surface area contributed by atoms with Crippen molar-refractivity contribution >= 4 is 58.4 Å². The van der Waals surface area contributed by atoms with E-state index in [4.69, 9.17) is 25.7 Å². The van der Waals surface area contributed by atoms with Crippen LogP contribution in [0, 0.1) is 53.3 Å². The lowest BCUT2D eigenvalue weighted by atomic mass is 9.71. The van der Waals surface area contributed by atoms with Crippen LogP contribution in [0.2, 0.25) is 0 Å². The molecule has 3 fully saturated rings. The molecule has 8 N–H and O–H groups in total. The highest BCUT2D eigenvalue weighted by atomic mass is 16.6. The third-order valence-electron chi connectivity index (χ3n) is 18.6. The van der Waals surface area contributed by atoms with Gasteiger partial charge in [-0.2, -0.15) is 0 Å². The number of nitrogen functional groups attached to an aromatic ring is 1. The summed E-state index contributed by atoms with van der Waals surface area (Å²) in [5.41, 5.74) is 18.5. The number of nitrogens with one attached hydrogen (secondary N) is 4. The molecule has 472 valence electrons. The van der Waals surface area contributed by atoms with Crippen molar-refractivity contribution in [2.45, 2.75) is 178 Å². The van der Waals surface area contributed by atoms with Gasteiger partial charge in [-0.05, 0) is 184 Å². The van der Waals surface area contributed by atoms with Gasteiger partial charge in [0.05, 0.1) is 22.6 Å². The van der Waals surface area contributed by atoms with Crippen LogP contribution in [0.15, 0.2) is 103 Å². The van der Waals surface area contributed by atoms with Gasteiger partial charge in [-0.3, -0.25) is 24.0 Å². The maximum atomic E-state index is 15.8. The summed E-state index contributed by atoms with van der Waals surface area (Å²) in [6.07, 6.45) is 3.93. The number of ether oxygens (including phenoxy) is 3. The van der Waals surface area contributed by atoms with E-state index in [1.165, 1.54) is 4.90 Å². The van der Waals surface area contributed by atoms with Crippen molar-refractivity contribution < 1.29 is 43.0 Å². The largest absolute Gasteiger partial charge is 0.486 e. The lowest BCUT2D eigenvalue weighted by Gasteiger charge is -2.43. The first kappa shape index (κ1) is 66.2. The number of imide groups is 1. The van der Waals surface area contributed by atoms with Crippen molar-refractivity contribution in [3.63, 3.8) is 0 Å². The number of nitrogens with two attached hydrogens (primary N) is 2. The van der Waals surface area contributed by atoms with Crippen molar-refractivity contribution in [2.24, 2.45) is 59.0 Å². The van der Waals surface area contributed by atoms with Crippen LogP contribution in [0.4, 0.5) is 27.5 Å². The van der Waals surface area contributed by atoms with E-state index in [-0.39, 0.29) is 108 Å². The topological polar surface area (TPSA) is 234 Å². The molecule has 8 rings (SSSR count). The summed E-state index contributed by atoms with van der Waals surface area (Å²) in [7, 11) is 0. The Labute approximate surface area is 521 Å². The Bertz CT molecular complexity index is 3290. The molecular weight excluding hydrogens is 1110 g/mol. The smallest absolute Gasteiger partial charge is 0.417 e. The Hall–Kier alpha value is -7.72. The van der Waals surface area contributed by atoms with Gasteiger partial charge in [0.1, 0.15) is 18.8 Å². The second kappa shape index (κ2) is 29.1. The van der Waals surface area contributed by atoms with Crippen LogP contribution in [-0.4, -0.2) is 64.3 Å². The summed E-state index contributed by atoms with van der Waals surface area (Å²) in [5, 5.41) is 12.8. The number of benzene rings is 5. The number of rotatable bonds is 19. The summed E-state index contributed by atoms with van der Waals surface area (Å²) in [6, 6.07) is 30.7. The molecule has 16 heteroatoms. The Kier molecular flexibility index (Phi) is 21.9. The van der Waals surface area contributed by atoms with Crippen LogP contribution in [0.3, 0.4) is 0 Å². The van der Waals surface area contributed by atoms with Crippen molar-refractivity contribution in [2.75, 3.05) is 21.7 Å². The fourth-order valence-corrected chi connectivity index (χ4v) is 13.4. The molecule has 16 nitrogen and oxygen atoms in total. The highest BCUT2D eigenvalue weighted by Crippen LogP contribution is 2.43. The van der Waals surface area contributed by atoms with Crippen molar-refractivity contribution in [1.82, 2.24) is 10.2 Å². The van der Waals surface area contributed by atoms with Gasteiger partial charge in [-0.15, -0.1) is 0 Å². The molecule has 0 saturated heterocycles. The van der Waals surface area contributed by atoms with E-state index in [1.54, 1.807) is 32.9 Å². The minimum atomic E-state index is -0.998. The number of aryl methyl sites for hydroxylation is 3. The second-order valence-corrected chi connectivity index (χ2v) is 26.6. The molecule has 0 spiro atoms. The minimum Gasteiger partial charge on any atom is -0.486 e. The summed E-state index contributed by atoms with van der Waals surface area (Å²) in [4.78, 5) is 89.9. The van der Waals surface area contributed by atoms with E-state index in [0.717, 1.165) is 34.2 Å². The van der Waals surface area contributed by atoms with Crippen LogP contribution in [0.1, 0.15) is 170 Å². The monoisotopic (exact) mass is 1200 g/mol. The van der Waals surface area contributed by atoms with Gasteiger partial charge >= 0.3 is 6.09 Å². The highest BCUT2D eigenvalue weighted by molar-refractivity contribution is 6.08. The fraction of sp³-hybridized carbons (Fsp3) is 0.500. The molecule has 12 atom stereocenters. The predicted molar refractivity (Wildman–Crippen MR) is 348 cm³/mol. The quantitative estimate of drug-likeness (QED) is 0.0426. The predicted octanol–water partition coefficient (Wildman–Crippen LogP) is 13.5. The maximum Gasteiger partial charge on any atom is 0.417 e. The summed E-state index contributed by atoms with van der Waals surface area (Å²) < 4.78 is 19.0. The Morgan fingerprint density at radius 3 is 1.59 bits per heavy atom. The molecule has 0 aliphatic heterocycles. The van der Waals surface area contributed by atoms with Crippen molar-refractivity contribution in [3.8, 4) is 11.5 Å². The fourth-order valence-electron chi connectivity index (χ4n) is 13.4. The molecule has 88 heavy (non-hydrogen) atoms. The van der Waals surface area contributed by atoms with Crippen molar-refractivity contribution in [1.29, 1.82) is 0 Å². The van der Waals surface area contributed by atoms with Crippen molar-refractivity contribution in [3.05, 3.63) is 142 Å². The van der Waals surface area contributed by atoms with E-state index < -0.39 is 35.5 Å². The zero-order chi connectivity index (χ0) is 63.7. The molecule has 5 aromatic rings. The highest BCUT2D eigenvalue weighted by Gasteiger charge is 2.46. The SMILES string of the molecule is CCc1cc(NC(=O)[C@H]2CC(N(C(=O)OC(C)(C)C)C(=O)c3cc(CC)cc(NC(=O)[C@@H]4C[C@H](N)[C@@H](C)C[C@H]4C)c3OCc3ccccc3)[C@H](C)C[C@@H]2C)cc(C(=O)N[C@H]2C[C@@H](C(=O)Nc3cc(CC)cc(N)c3OCc3ccccc3)[C@H](C)C[C@@H]2C)c1. The molecule has 3 aliphatic carbocycles. The molecule has 0 bridgehead atoms. The average Bonchev–Trinajstić information content (AvgIpc) is 1.90. The lowest BCUT2D eigenvalue weighted by Crippen LogP contribution is -2.54. The van der Waals surface area contributed by atoms with Gasteiger partial charge in [0, 0.05) is 47.1 Å². The first-order valence-corrected chi connectivity index (χ1v) is 32.0. The number of amides is 6. The third-order valence-corrected chi connectivity index (χ3v) is 18.6. The molecule has 3 saturated carbocycles. The first-order valence-electron chi connectivity index (χ1n) is 32.0. The number of hydrogen-bond acceptors (Lipinski definition) is 11. The van der Waals surface area contributed by atoms with E-state index in [2.05, 4.69) is 49.0 Å². The molecule has 1 unspecified atom stereocenters. The number of carbonyl (C=O) groups excluding carboxylic acids is 6. The third kappa shape index (κ3) is 16.3. The zero-order valence-corrected chi connectivity index (χ0v) is 53.8. The minimum absolute atomic E-state index is 0.0170. The van der Waals surface area contributed by atoms with Gasteiger partial charge in [0.25, 0.3) is 11.8 Å². The Morgan fingerprint density at radius 2 is 1.02 bits per heavy atom. The van der Waals surface area contributed by atoms with Crippen LogP contribution >= 0.6 is 0 Å². The maximum absolute atomic E-state index is 15.8. The van der Waals surface area contributed by atoms with E-state index >= 15 is 4.79 Å². The standard InChI is InChI=1S/C72H95N7O9/c1-13-47-29-52(66(80)76-60-37-55(42(5)27-45(60)8)69(83)78-62-34-49(15-3)32-59(74)65(62)87-40-51-24-20-17-21-25-51)35-53(30-47)75-67(81)56-38-63(46(9)28-43(56)6)79(71(85)88-72(10,11)12)70(84)57-31-48(14-2)33-61(64(57)86-39-50-22-18-16-19-23-50)77-68(82)54-36-58(73)44(7)26-41(54)4/h16-25,29-35,41-46,54-56,58,60,63H,13-15,26-28,36-40,73-74H2,1-12H3,(H,75,81)(H,76,80)(H,77,82)(H,78,83)/t41-,42-,43+,44+,45+,46-,54-,55-,56+,58+,60+,63?/m1/s1. The normalized spacial score (nSPS) is 24.5. The number of carbonyl (C=O) groups is 6. The van der Waals surface area contributed by atoms with Crippen LogP contribution in [0.5, 0.6) is 11.5 Å². The van der Waals surface area contributed by atoms with Gasteiger partial charge < -0.3 is 46.9 Å². The first-order chi connectivity index (χ1) is 41.8. The molecule has 0 radical (unpaired) electrons. The van der Waals surface area contributed by atoms with Gasteiger partial charge in [0.15, 0.2) is 11.5 Å². The molecule has 0 aromatic heterocycles. The Morgan fingerprint density at radius 1 is 0.534 bits per heavy atom. The molecule has 5 aromatic carbocycles. The summed E-state index contributed by atoms with van der Waals surface area (Å²) in [6.45, 7) is 23.8. The second-order valence-electron chi connectivity index (χ2n) is 26.6. The van der Waals surface area contributed by atoms with Gasteiger partial charge in [-0.25, -0.2) is 9.69 Å².